The first kappa shape index (κ1) is 32.1. The topological polar surface area (TPSA) is 117 Å². The molecule has 0 aliphatic carbocycles. The van der Waals surface area contributed by atoms with Crippen LogP contribution in [0.2, 0.25) is 0 Å². The number of nitrogens with one attached hydrogen (secondary N) is 1. The number of rotatable bonds is 11. The highest BCUT2D eigenvalue weighted by molar-refractivity contribution is 7.15. The minimum absolute atomic E-state index is 0.0817. The predicted octanol–water partition coefficient (Wildman–Crippen LogP) is 6.30. The van der Waals surface area contributed by atoms with Crippen LogP contribution in [-0.4, -0.2) is 57.8 Å². The van der Waals surface area contributed by atoms with Gasteiger partial charge in [0.1, 0.15) is 34.8 Å². The van der Waals surface area contributed by atoms with Crippen LogP contribution in [0.3, 0.4) is 0 Å². The van der Waals surface area contributed by atoms with E-state index in [-0.39, 0.29) is 24.9 Å². The van der Waals surface area contributed by atoms with Crippen molar-refractivity contribution in [2.45, 2.75) is 66.0 Å². The number of benzene rings is 2. The van der Waals surface area contributed by atoms with Gasteiger partial charge in [-0.3, -0.25) is 14.4 Å². The zero-order valence-electron chi connectivity index (χ0n) is 26.5. The Balaban J connectivity index is 1.32. The van der Waals surface area contributed by atoms with Crippen LogP contribution in [0.4, 0.5) is 5.69 Å². The standard InChI is InChI=1S/C34H39N5O5S/c1-21-22(2)45-33-30(21)31(24-13-15-26(16-14-24)43-18-10-17-42-20-29(41)44-34(4,5)6)36-27(32-38-37-23(3)39(32)33)19-28(40)35-25-11-8-7-9-12-25/h7-9,11-16,27H,10,17-20H2,1-6H3,(H,35,40). The molecule has 3 heterocycles. The molecule has 0 fully saturated rings. The number of thiophene rings is 1. The number of para-hydroxylation sites is 1. The number of nitrogens with zero attached hydrogens (tertiary/aromatic N) is 4. The van der Waals surface area contributed by atoms with Gasteiger partial charge in [0.15, 0.2) is 5.82 Å². The summed E-state index contributed by atoms with van der Waals surface area (Å²) < 4.78 is 18.7. The highest BCUT2D eigenvalue weighted by atomic mass is 32.1. The molecule has 4 aromatic rings. The van der Waals surface area contributed by atoms with E-state index in [0.717, 1.165) is 38.9 Å². The second-order valence-corrected chi connectivity index (χ2v) is 13.1. The number of ether oxygens (including phenoxy) is 3. The van der Waals surface area contributed by atoms with Crippen LogP contribution >= 0.6 is 11.3 Å². The highest BCUT2D eigenvalue weighted by Crippen LogP contribution is 2.39. The van der Waals surface area contributed by atoms with Gasteiger partial charge in [0, 0.05) is 28.1 Å². The number of aryl methyl sites for hydroxylation is 2. The molecule has 11 heteroatoms. The number of carbonyl (C=O) groups is 2. The van der Waals surface area contributed by atoms with Gasteiger partial charge < -0.3 is 19.5 Å². The van der Waals surface area contributed by atoms with Gasteiger partial charge in [0.05, 0.1) is 25.3 Å². The van der Waals surface area contributed by atoms with Crippen molar-refractivity contribution in [3.63, 3.8) is 0 Å². The van der Waals surface area contributed by atoms with Crippen LogP contribution in [0.15, 0.2) is 59.6 Å². The Hall–Kier alpha value is -4.35. The third-order valence-corrected chi connectivity index (χ3v) is 8.34. The lowest BCUT2D eigenvalue weighted by Crippen LogP contribution is -2.26. The highest BCUT2D eigenvalue weighted by Gasteiger charge is 2.32. The van der Waals surface area contributed by atoms with Crippen LogP contribution in [0.25, 0.3) is 5.00 Å². The molecule has 0 saturated carbocycles. The minimum Gasteiger partial charge on any atom is -0.494 e. The minimum atomic E-state index is -0.541. The van der Waals surface area contributed by atoms with Crippen LogP contribution in [-0.2, 0) is 19.1 Å². The fourth-order valence-corrected chi connectivity index (χ4v) is 6.23. The van der Waals surface area contributed by atoms with Gasteiger partial charge in [0.25, 0.3) is 0 Å². The summed E-state index contributed by atoms with van der Waals surface area (Å²) in [4.78, 5) is 31.4. The maximum absolute atomic E-state index is 13.2. The summed E-state index contributed by atoms with van der Waals surface area (Å²) in [7, 11) is 0. The van der Waals surface area contributed by atoms with Gasteiger partial charge in [-0.2, -0.15) is 0 Å². The van der Waals surface area contributed by atoms with Crippen molar-refractivity contribution in [2.75, 3.05) is 25.1 Å². The Morgan fingerprint density at radius 1 is 0.978 bits per heavy atom. The third-order valence-electron chi connectivity index (χ3n) is 7.15. The second-order valence-electron chi connectivity index (χ2n) is 11.9. The van der Waals surface area contributed by atoms with E-state index in [2.05, 4.69) is 29.4 Å². The monoisotopic (exact) mass is 629 g/mol. The van der Waals surface area contributed by atoms with E-state index in [1.54, 1.807) is 11.3 Å². The van der Waals surface area contributed by atoms with Crippen molar-refractivity contribution in [3.05, 3.63) is 87.8 Å². The summed E-state index contributed by atoms with van der Waals surface area (Å²) in [6, 6.07) is 16.7. The van der Waals surface area contributed by atoms with E-state index >= 15 is 0 Å². The van der Waals surface area contributed by atoms with Gasteiger partial charge in [-0.1, -0.05) is 18.2 Å². The molecule has 5 rings (SSSR count). The molecule has 0 saturated heterocycles. The van der Waals surface area contributed by atoms with Crippen molar-refractivity contribution in [1.82, 2.24) is 14.8 Å². The van der Waals surface area contributed by atoms with E-state index in [9.17, 15) is 9.59 Å². The summed E-state index contributed by atoms with van der Waals surface area (Å²) in [5.41, 5.74) is 4.06. The van der Waals surface area contributed by atoms with Gasteiger partial charge in [-0.25, -0.2) is 4.79 Å². The van der Waals surface area contributed by atoms with Gasteiger partial charge >= 0.3 is 5.97 Å². The second kappa shape index (κ2) is 13.7. The van der Waals surface area contributed by atoms with E-state index in [1.165, 1.54) is 4.88 Å². The molecule has 10 nitrogen and oxygen atoms in total. The Morgan fingerprint density at radius 2 is 1.71 bits per heavy atom. The maximum atomic E-state index is 13.2. The largest absolute Gasteiger partial charge is 0.494 e. The molecule has 0 bridgehead atoms. The molecule has 2 aromatic carbocycles. The van der Waals surface area contributed by atoms with Crippen molar-refractivity contribution in [1.29, 1.82) is 0 Å². The molecule has 0 spiro atoms. The summed E-state index contributed by atoms with van der Waals surface area (Å²) >= 11 is 1.67. The van der Waals surface area contributed by atoms with Gasteiger partial charge in [0.2, 0.25) is 5.91 Å². The smallest absolute Gasteiger partial charge is 0.332 e. The Labute approximate surface area is 267 Å². The normalized spacial score (nSPS) is 14.2. The Bertz CT molecular complexity index is 1690. The first-order valence-corrected chi connectivity index (χ1v) is 15.8. The fraction of sp³-hybridized carbons (Fsp3) is 0.382. The number of fused-ring (bicyclic) bond motifs is 3. The zero-order valence-corrected chi connectivity index (χ0v) is 27.4. The molecule has 1 amide bonds. The number of amides is 1. The SMILES string of the molecule is Cc1sc2c(c1C)C(c1ccc(OCCCOCC(=O)OC(C)(C)C)cc1)=NC(CC(=O)Nc1ccccc1)c1nnc(C)n1-2. The zero-order chi connectivity index (χ0) is 32.1. The Kier molecular flexibility index (Phi) is 9.79. The van der Waals surface area contributed by atoms with E-state index in [4.69, 9.17) is 19.2 Å². The number of carbonyl (C=O) groups excluding carboxylic acids is 2. The van der Waals surface area contributed by atoms with Crippen molar-refractivity contribution >= 4 is 34.6 Å². The van der Waals surface area contributed by atoms with Crippen molar-refractivity contribution in [3.8, 4) is 10.8 Å². The molecule has 236 valence electrons. The van der Waals surface area contributed by atoms with Crippen LogP contribution < -0.4 is 10.1 Å². The average molecular weight is 630 g/mol. The average Bonchev–Trinajstić information content (AvgIpc) is 3.46. The molecular weight excluding hydrogens is 590 g/mol. The molecule has 1 unspecified atom stereocenters. The Morgan fingerprint density at radius 3 is 2.42 bits per heavy atom. The number of anilines is 1. The summed E-state index contributed by atoms with van der Waals surface area (Å²) in [5, 5.41) is 12.8. The summed E-state index contributed by atoms with van der Waals surface area (Å²) in [6.45, 7) is 12.3. The third kappa shape index (κ3) is 7.84. The van der Waals surface area contributed by atoms with Crippen LogP contribution in [0, 0.1) is 20.8 Å². The quantitative estimate of drug-likeness (QED) is 0.153. The lowest BCUT2D eigenvalue weighted by Gasteiger charge is -2.19. The maximum Gasteiger partial charge on any atom is 0.332 e. The van der Waals surface area contributed by atoms with E-state index < -0.39 is 11.6 Å². The number of hydrogen-bond acceptors (Lipinski definition) is 9. The molecule has 0 radical (unpaired) electrons. The number of hydrogen-bond donors (Lipinski definition) is 1. The first-order valence-electron chi connectivity index (χ1n) is 15.0. The fourth-order valence-electron chi connectivity index (χ4n) is 5.02. The van der Waals surface area contributed by atoms with E-state index in [1.807, 2.05) is 86.9 Å². The molecule has 45 heavy (non-hydrogen) atoms. The van der Waals surface area contributed by atoms with Crippen LogP contribution in [0.5, 0.6) is 5.75 Å². The molecule has 1 aliphatic rings. The lowest BCUT2D eigenvalue weighted by molar-refractivity contribution is -0.160. The number of esters is 1. The predicted molar refractivity (Wildman–Crippen MR) is 175 cm³/mol. The van der Waals surface area contributed by atoms with E-state index in [0.29, 0.717) is 31.2 Å². The van der Waals surface area contributed by atoms with Gasteiger partial charge in [-0.05, 0) is 83.5 Å². The molecule has 2 aromatic heterocycles. The first-order chi connectivity index (χ1) is 21.5. The van der Waals surface area contributed by atoms with Crippen LogP contribution in [0.1, 0.15) is 72.9 Å². The van der Waals surface area contributed by atoms with Crippen molar-refractivity contribution in [2.24, 2.45) is 4.99 Å². The van der Waals surface area contributed by atoms with Gasteiger partial charge in [-0.15, -0.1) is 21.5 Å². The van der Waals surface area contributed by atoms with Crippen molar-refractivity contribution < 1.29 is 23.8 Å². The summed E-state index contributed by atoms with van der Waals surface area (Å²) in [6.07, 6.45) is 0.736. The summed E-state index contributed by atoms with van der Waals surface area (Å²) in [5.74, 6) is 1.57. The molecular formula is C34H39N5O5S. The lowest BCUT2D eigenvalue weighted by atomic mass is 9.99. The number of aromatic nitrogens is 3. The molecule has 1 N–H and O–H groups in total. The molecule has 1 aliphatic heterocycles. The molecule has 1 atom stereocenters. The number of aliphatic imine (C=N–C) groups is 1.